The number of aromatic amines is 1. The first kappa shape index (κ1) is 25.2. The van der Waals surface area contributed by atoms with Crippen LogP contribution in [0.1, 0.15) is 39.3 Å². The Balaban J connectivity index is 0.000000256. The number of fused-ring (bicyclic) bond motifs is 1. The van der Waals surface area contributed by atoms with Crippen LogP contribution in [0.2, 0.25) is 0 Å². The molecule has 178 valence electrons. The topological polar surface area (TPSA) is 109 Å². The van der Waals surface area contributed by atoms with Gasteiger partial charge in [-0.15, -0.1) is 0 Å². The van der Waals surface area contributed by atoms with Crippen molar-refractivity contribution in [3.8, 4) is 6.07 Å². The molecule has 1 heterocycles. The molecule has 1 aromatic heterocycles. The summed E-state index contributed by atoms with van der Waals surface area (Å²) < 4.78 is 5.17. The van der Waals surface area contributed by atoms with Crippen molar-refractivity contribution in [1.29, 1.82) is 5.26 Å². The van der Waals surface area contributed by atoms with Crippen molar-refractivity contribution < 1.29 is 14.5 Å². The average molecular weight is 470 g/mol. The molecule has 7 nitrogen and oxygen atoms in total. The first-order chi connectivity index (χ1) is 16.7. The van der Waals surface area contributed by atoms with Gasteiger partial charge in [-0.3, -0.25) is 14.9 Å². The molecule has 0 aliphatic heterocycles. The summed E-state index contributed by atoms with van der Waals surface area (Å²) in [6.45, 7) is 7.63. The Hall–Kier alpha value is -4.44. The van der Waals surface area contributed by atoms with Crippen molar-refractivity contribution in [1.82, 2.24) is 4.98 Å². The molecule has 3 aromatic carbocycles. The summed E-state index contributed by atoms with van der Waals surface area (Å²) in [6, 6.07) is 20.4. The highest BCUT2D eigenvalue weighted by Crippen LogP contribution is 2.32. The number of rotatable bonds is 5. The largest absolute Gasteiger partial charge is 0.460 e. The van der Waals surface area contributed by atoms with Crippen LogP contribution in [0.4, 0.5) is 5.69 Å². The molecule has 35 heavy (non-hydrogen) atoms. The predicted octanol–water partition coefficient (Wildman–Crippen LogP) is 6.35. The summed E-state index contributed by atoms with van der Waals surface area (Å²) in [5.74, 6) is -2.13. The Morgan fingerprint density at radius 2 is 1.69 bits per heavy atom. The number of carbonyl (C=O) groups is 1. The Morgan fingerprint density at radius 3 is 2.34 bits per heavy atom. The summed E-state index contributed by atoms with van der Waals surface area (Å²) in [4.78, 5) is 26.2. The van der Waals surface area contributed by atoms with Crippen LogP contribution in [0.15, 0.2) is 66.9 Å². The highest BCUT2D eigenvalue weighted by atomic mass is 16.6. The van der Waals surface area contributed by atoms with Gasteiger partial charge >= 0.3 is 5.97 Å². The number of nitrogens with one attached hydrogen (secondary N) is 1. The maximum atomic E-state index is 12.3. The summed E-state index contributed by atoms with van der Waals surface area (Å²) in [7, 11) is 0. The number of hydrogen-bond acceptors (Lipinski definition) is 5. The summed E-state index contributed by atoms with van der Waals surface area (Å²) in [5.41, 5.74) is 5.74. The third-order valence-electron chi connectivity index (χ3n) is 5.60. The standard InChI is InChI=1S/C18H16N2O4.C10H11N/c1-12-8-13(2)17(16(9-12)20(22)23)15(10-19)18(21)24-11-14-6-4-3-5-7-14;1-7-5-8(2)9-3-4-11-10(9)6-7/h3-9,15H,11H2,1-2H3;3-6,11H,1-2H3. The molecule has 0 saturated heterocycles. The fourth-order valence-corrected chi connectivity index (χ4v) is 4.06. The fraction of sp³-hybridized carbons (Fsp3) is 0.214. The number of hydrogen-bond donors (Lipinski definition) is 1. The number of H-pyrrole nitrogens is 1. The number of nitro groups is 1. The van der Waals surface area contributed by atoms with Gasteiger partial charge in [0, 0.05) is 23.2 Å². The zero-order valence-electron chi connectivity index (χ0n) is 20.2. The van der Waals surface area contributed by atoms with Crippen LogP contribution in [0.25, 0.3) is 10.9 Å². The number of aryl methyl sites for hydroxylation is 4. The minimum absolute atomic E-state index is 0.0105. The molecule has 7 heteroatoms. The lowest BCUT2D eigenvalue weighted by Gasteiger charge is -2.13. The maximum Gasteiger partial charge on any atom is 0.328 e. The van der Waals surface area contributed by atoms with Crippen LogP contribution in [0.3, 0.4) is 0 Å². The molecule has 0 aliphatic carbocycles. The van der Waals surface area contributed by atoms with Gasteiger partial charge in [-0.05, 0) is 67.6 Å². The Morgan fingerprint density at radius 1 is 1.03 bits per heavy atom. The van der Waals surface area contributed by atoms with Crippen molar-refractivity contribution in [2.24, 2.45) is 0 Å². The number of nitrogens with zero attached hydrogens (tertiary/aromatic N) is 2. The highest BCUT2D eigenvalue weighted by molar-refractivity contribution is 5.84. The number of nitriles is 1. The third-order valence-corrected chi connectivity index (χ3v) is 5.60. The molecule has 0 saturated carbocycles. The quantitative estimate of drug-likeness (QED) is 0.208. The van der Waals surface area contributed by atoms with E-state index in [9.17, 15) is 20.2 Å². The summed E-state index contributed by atoms with van der Waals surface area (Å²) >= 11 is 0. The van der Waals surface area contributed by atoms with Gasteiger partial charge in [0.2, 0.25) is 0 Å². The molecule has 1 N–H and O–H groups in total. The van der Waals surface area contributed by atoms with E-state index in [4.69, 9.17) is 4.74 Å². The Kier molecular flexibility index (Phi) is 8.00. The second kappa shape index (κ2) is 11.1. The number of aromatic nitrogens is 1. The van der Waals surface area contributed by atoms with Gasteiger partial charge in [-0.1, -0.05) is 42.5 Å². The van der Waals surface area contributed by atoms with E-state index < -0.39 is 16.8 Å². The highest BCUT2D eigenvalue weighted by Gasteiger charge is 2.31. The smallest absolute Gasteiger partial charge is 0.328 e. The number of esters is 1. The molecule has 0 aliphatic rings. The minimum atomic E-state index is -1.34. The van der Waals surface area contributed by atoms with Gasteiger partial charge in [0.25, 0.3) is 5.69 Å². The van der Waals surface area contributed by atoms with Gasteiger partial charge in [-0.25, -0.2) is 0 Å². The Bertz CT molecular complexity index is 1400. The fourth-order valence-electron chi connectivity index (χ4n) is 4.06. The van der Waals surface area contributed by atoms with Gasteiger partial charge < -0.3 is 9.72 Å². The lowest BCUT2D eigenvalue weighted by molar-refractivity contribution is -0.385. The molecular formula is C28H27N3O4. The van der Waals surface area contributed by atoms with Gasteiger partial charge in [0.05, 0.1) is 16.6 Å². The first-order valence-corrected chi connectivity index (χ1v) is 11.1. The molecular weight excluding hydrogens is 442 g/mol. The second-order valence-electron chi connectivity index (χ2n) is 8.45. The van der Waals surface area contributed by atoms with Crippen molar-refractivity contribution in [2.75, 3.05) is 0 Å². The molecule has 0 amide bonds. The maximum absolute atomic E-state index is 12.3. The van der Waals surface area contributed by atoms with Crippen LogP contribution >= 0.6 is 0 Å². The van der Waals surface area contributed by atoms with E-state index in [0.717, 1.165) is 5.56 Å². The summed E-state index contributed by atoms with van der Waals surface area (Å²) in [5, 5.41) is 22.0. The van der Waals surface area contributed by atoms with E-state index >= 15 is 0 Å². The second-order valence-corrected chi connectivity index (χ2v) is 8.45. The first-order valence-electron chi connectivity index (χ1n) is 11.1. The van der Waals surface area contributed by atoms with Gasteiger partial charge in [0.1, 0.15) is 6.61 Å². The zero-order chi connectivity index (χ0) is 25.5. The third kappa shape index (κ3) is 6.12. The number of nitro benzene ring substituents is 1. The van der Waals surface area contributed by atoms with E-state index in [1.54, 1.807) is 44.2 Å². The molecule has 0 fully saturated rings. The van der Waals surface area contributed by atoms with Crippen molar-refractivity contribution in [3.05, 3.63) is 110 Å². The van der Waals surface area contributed by atoms with Crippen LogP contribution in [0.5, 0.6) is 0 Å². The molecule has 0 bridgehead atoms. The van der Waals surface area contributed by atoms with Gasteiger partial charge in [-0.2, -0.15) is 5.26 Å². The van der Waals surface area contributed by atoms with E-state index in [2.05, 4.69) is 37.0 Å². The van der Waals surface area contributed by atoms with Gasteiger partial charge in [0.15, 0.2) is 5.92 Å². The average Bonchev–Trinajstić information content (AvgIpc) is 3.29. The molecule has 4 aromatic rings. The monoisotopic (exact) mass is 469 g/mol. The number of carbonyl (C=O) groups excluding carboxylic acids is 1. The van der Waals surface area contributed by atoms with E-state index in [-0.39, 0.29) is 17.9 Å². The van der Waals surface area contributed by atoms with Crippen molar-refractivity contribution >= 4 is 22.6 Å². The van der Waals surface area contributed by atoms with Crippen molar-refractivity contribution in [3.63, 3.8) is 0 Å². The minimum Gasteiger partial charge on any atom is -0.460 e. The van der Waals surface area contributed by atoms with E-state index in [0.29, 0.717) is 11.1 Å². The number of benzene rings is 3. The number of ether oxygens (including phenoxy) is 1. The van der Waals surface area contributed by atoms with Crippen LogP contribution < -0.4 is 0 Å². The van der Waals surface area contributed by atoms with Crippen LogP contribution in [-0.4, -0.2) is 15.9 Å². The van der Waals surface area contributed by atoms with E-state index in [1.165, 1.54) is 28.1 Å². The zero-order valence-corrected chi connectivity index (χ0v) is 20.2. The molecule has 1 unspecified atom stereocenters. The lowest BCUT2D eigenvalue weighted by Crippen LogP contribution is -2.17. The van der Waals surface area contributed by atoms with Crippen LogP contribution in [0, 0.1) is 49.1 Å². The molecule has 4 rings (SSSR count). The predicted molar refractivity (Wildman–Crippen MR) is 135 cm³/mol. The molecule has 1 atom stereocenters. The van der Waals surface area contributed by atoms with Crippen LogP contribution in [-0.2, 0) is 16.1 Å². The summed E-state index contributed by atoms with van der Waals surface area (Å²) in [6.07, 6.45) is 1.98. The molecule has 0 spiro atoms. The van der Waals surface area contributed by atoms with E-state index in [1.807, 2.05) is 18.3 Å². The molecule has 0 radical (unpaired) electrons. The normalized spacial score (nSPS) is 11.2. The van der Waals surface area contributed by atoms with Crippen molar-refractivity contribution in [2.45, 2.75) is 40.2 Å². The lowest BCUT2D eigenvalue weighted by atomic mass is 9.92. The Labute approximate surface area is 204 Å². The SMILES string of the molecule is Cc1cc(C)c(C(C#N)C(=O)OCc2ccccc2)c([N+](=O)[O-])c1.Cc1cc(C)c2cc[nH]c2c1.